The Morgan fingerprint density at radius 3 is 2.73 bits per heavy atom. The summed E-state index contributed by atoms with van der Waals surface area (Å²) in [5.41, 5.74) is 1.35. The van der Waals surface area contributed by atoms with Crippen molar-refractivity contribution in [3.05, 3.63) is 21.9 Å². The summed E-state index contributed by atoms with van der Waals surface area (Å²) in [6.07, 6.45) is 1.36. The molecule has 0 amide bonds. The molecule has 0 fully saturated rings. The van der Waals surface area contributed by atoms with Gasteiger partial charge in [0.05, 0.1) is 12.1 Å². The van der Waals surface area contributed by atoms with Gasteiger partial charge in [-0.25, -0.2) is 0 Å². The zero-order chi connectivity index (χ0) is 11.3. The molecule has 15 heavy (non-hydrogen) atoms. The lowest BCUT2D eigenvalue weighted by Gasteiger charge is -2.23. The minimum absolute atomic E-state index is 0.213. The summed E-state index contributed by atoms with van der Waals surface area (Å²) in [4.78, 5) is 1.36. The van der Waals surface area contributed by atoms with Crippen LogP contribution in [0.25, 0.3) is 0 Å². The van der Waals surface area contributed by atoms with E-state index in [-0.39, 0.29) is 6.10 Å². The van der Waals surface area contributed by atoms with Crippen molar-refractivity contribution in [2.24, 2.45) is 0 Å². The molecule has 86 valence electrons. The lowest BCUT2D eigenvalue weighted by molar-refractivity contribution is 0.0831. The molecule has 2 nitrogen and oxygen atoms in total. The van der Waals surface area contributed by atoms with Gasteiger partial charge < -0.3 is 10.1 Å². The van der Waals surface area contributed by atoms with E-state index < -0.39 is 0 Å². The van der Waals surface area contributed by atoms with Gasteiger partial charge in [-0.2, -0.15) is 0 Å². The minimum Gasteiger partial charge on any atom is -0.380 e. The highest BCUT2D eigenvalue weighted by Gasteiger charge is 2.18. The second-order valence-corrected chi connectivity index (χ2v) is 4.98. The molecular formula is C12H21NOS. The minimum atomic E-state index is 0.213. The Morgan fingerprint density at radius 1 is 1.53 bits per heavy atom. The number of rotatable bonds is 6. The highest BCUT2D eigenvalue weighted by Crippen LogP contribution is 2.24. The SMILES string of the molecule is CCCNC(c1csc(C)c1)C(C)OC. The van der Waals surface area contributed by atoms with E-state index in [0.717, 1.165) is 13.0 Å². The van der Waals surface area contributed by atoms with Gasteiger partial charge >= 0.3 is 0 Å². The van der Waals surface area contributed by atoms with Crippen LogP contribution in [0.4, 0.5) is 0 Å². The molecule has 0 radical (unpaired) electrons. The fourth-order valence-electron chi connectivity index (χ4n) is 1.62. The van der Waals surface area contributed by atoms with Gasteiger partial charge in [0.15, 0.2) is 0 Å². The van der Waals surface area contributed by atoms with Crippen LogP contribution in [0.3, 0.4) is 0 Å². The Bertz CT molecular complexity index is 285. The first-order valence-corrected chi connectivity index (χ1v) is 6.38. The van der Waals surface area contributed by atoms with Crippen LogP contribution in [-0.2, 0) is 4.74 Å². The van der Waals surface area contributed by atoms with Crippen LogP contribution in [0.15, 0.2) is 11.4 Å². The van der Waals surface area contributed by atoms with Crippen LogP contribution in [0.5, 0.6) is 0 Å². The van der Waals surface area contributed by atoms with Crippen molar-refractivity contribution >= 4 is 11.3 Å². The van der Waals surface area contributed by atoms with Crippen molar-refractivity contribution in [1.82, 2.24) is 5.32 Å². The molecule has 0 saturated heterocycles. The number of hydrogen-bond acceptors (Lipinski definition) is 3. The molecule has 0 aliphatic carbocycles. The van der Waals surface area contributed by atoms with Crippen molar-refractivity contribution in [1.29, 1.82) is 0 Å². The molecule has 1 N–H and O–H groups in total. The first-order chi connectivity index (χ1) is 7.19. The number of thiophene rings is 1. The van der Waals surface area contributed by atoms with Gasteiger partial charge in [-0.3, -0.25) is 0 Å². The third kappa shape index (κ3) is 3.59. The summed E-state index contributed by atoms with van der Waals surface area (Å²) in [6, 6.07) is 2.56. The fourth-order valence-corrected chi connectivity index (χ4v) is 2.36. The maximum absolute atomic E-state index is 5.42. The van der Waals surface area contributed by atoms with Gasteiger partial charge in [-0.15, -0.1) is 11.3 Å². The zero-order valence-electron chi connectivity index (χ0n) is 10.0. The number of ether oxygens (including phenoxy) is 1. The van der Waals surface area contributed by atoms with E-state index in [1.54, 1.807) is 18.4 Å². The number of methoxy groups -OCH3 is 1. The third-order valence-electron chi connectivity index (χ3n) is 2.57. The maximum atomic E-state index is 5.42. The van der Waals surface area contributed by atoms with Crippen LogP contribution in [-0.4, -0.2) is 19.8 Å². The lowest BCUT2D eigenvalue weighted by atomic mass is 10.1. The van der Waals surface area contributed by atoms with Gasteiger partial charge in [-0.05, 0) is 43.8 Å². The quantitative estimate of drug-likeness (QED) is 0.806. The molecule has 0 aromatic carbocycles. The van der Waals surface area contributed by atoms with Gasteiger partial charge in [0.1, 0.15) is 0 Å². The lowest BCUT2D eigenvalue weighted by Crippen LogP contribution is -2.31. The van der Waals surface area contributed by atoms with Crippen LogP contribution in [0, 0.1) is 6.92 Å². The van der Waals surface area contributed by atoms with E-state index in [9.17, 15) is 0 Å². The van der Waals surface area contributed by atoms with Crippen molar-refractivity contribution in [2.45, 2.75) is 39.3 Å². The molecule has 0 spiro atoms. The molecule has 1 rings (SSSR count). The smallest absolute Gasteiger partial charge is 0.0738 e. The first-order valence-electron chi connectivity index (χ1n) is 5.50. The molecule has 0 saturated carbocycles. The van der Waals surface area contributed by atoms with Gasteiger partial charge in [0.25, 0.3) is 0 Å². The van der Waals surface area contributed by atoms with E-state index >= 15 is 0 Å². The number of aryl methyl sites for hydroxylation is 1. The van der Waals surface area contributed by atoms with Crippen molar-refractivity contribution in [3.8, 4) is 0 Å². The summed E-state index contributed by atoms with van der Waals surface area (Å²) in [6.45, 7) is 7.47. The standard InChI is InChI=1S/C12H21NOS/c1-5-6-13-12(10(3)14-4)11-7-9(2)15-8-11/h7-8,10,12-13H,5-6H2,1-4H3. The maximum Gasteiger partial charge on any atom is 0.0738 e. The average molecular weight is 227 g/mol. The molecular weight excluding hydrogens is 206 g/mol. The molecule has 3 heteroatoms. The molecule has 1 aromatic heterocycles. The molecule has 0 aliphatic heterocycles. The average Bonchev–Trinajstić information content (AvgIpc) is 2.65. The zero-order valence-corrected chi connectivity index (χ0v) is 10.9. The first kappa shape index (κ1) is 12.7. The Kier molecular flexibility index (Phi) is 5.29. The normalized spacial score (nSPS) is 15.2. The fraction of sp³-hybridized carbons (Fsp3) is 0.667. The Balaban J connectivity index is 2.71. The summed E-state index contributed by atoms with van der Waals surface area (Å²) in [5.74, 6) is 0. The van der Waals surface area contributed by atoms with E-state index in [0.29, 0.717) is 6.04 Å². The predicted octanol–water partition coefficient (Wildman–Crippen LogP) is 3.13. The molecule has 2 unspecified atom stereocenters. The van der Waals surface area contributed by atoms with Crippen molar-refractivity contribution < 1.29 is 4.74 Å². The molecule has 2 atom stereocenters. The van der Waals surface area contributed by atoms with Crippen LogP contribution in [0.1, 0.15) is 36.8 Å². The molecule has 0 aliphatic rings. The monoisotopic (exact) mass is 227 g/mol. The predicted molar refractivity (Wildman–Crippen MR) is 66.6 cm³/mol. The Morgan fingerprint density at radius 2 is 2.27 bits per heavy atom. The van der Waals surface area contributed by atoms with E-state index in [1.807, 2.05) is 0 Å². The molecule has 0 bridgehead atoms. The van der Waals surface area contributed by atoms with E-state index in [1.165, 1.54) is 10.4 Å². The Hall–Kier alpha value is -0.380. The van der Waals surface area contributed by atoms with Gasteiger partial charge in [0.2, 0.25) is 0 Å². The largest absolute Gasteiger partial charge is 0.380 e. The van der Waals surface area contributed by atoms with E-state index in [4.69, 9.17) is 4.74 Å². The van der Waals surface area contributed by atoms with Gasteiger partial charge in [0, 0.05) is 12.0 Å². The molecule has 1 heterocycles. The van der Waals surface area contributed by atoms with Crippen LogP contribution >= 0.6 is 11.3 Å². The molecule has 1 aromatic rings. The van der Waals surface area contributed by atoms with Crippen molar-refractivity contribution in [2.75, 3.05) is 13.7 Å². The van der Waals surface area contributed by atoms with E-state index in [2.05, 4.69) is 37.5 Å². The highest BCUT2D eigenvalue weighted by atomic mass is 32.1. The highest BCUT2D eigenvalue weighted by molar-refractivity contribution is 7.10. The second kappa shape index (κ2) is 6.26. The summed E-state index contributed by atoms with van der Waals surface area (Å²) < 4.78 is 5.42. The second-order valence-electron chi connectivity index (χ2n) is 3.86. The number of hydrogen-bond donors (Lipinski definition) is 1. The van der Waals surface area contributed by atoms with Crippen LogP contribution < -0.4 is 5.32 Å². The number of nitrogens with one attached hydrogen (secondary N) is 1. The summed E-state index contributed by atoms with van der Waals surface area (Å²) in [7, 11) is 1.77. The third-order valence-corrected chi connectivity index (χ3v) is 3.45. The van der Waals surface area contributed by atoms with Gasteiger partial charge in [-0.1, -0.05) is 6.92 Å². The summed E-state index contributed by atoms with van der Waals surface area (Å²) in [5, 5.41) is 5.75. The van der Waals surface area contributed by atoms with Crippen LogP contribution in [0.2, 0.25) is 0 Å². The van der Waals surface area contributed by atoms with Crippen molar-refractivity contribution in [3.63, 3.8) is 0 Å². The Labute approximate surface area is 96.7 Å². The topological polar surface area (TPSA) is 21.3 Å². The summed E-state index contributed by atoms with van der Waals surface area (Å²) >= 11 is 1.80.